The third kappa shape index (κ3) is 5.18. The van der Waals surface area contributed by atoms with Crippen molar-refractivity contribution in [1.82, 2.24) is 0 Å². The predicted molar refractivity (Wildman–Crippen MR) is 90.7 cm³/mol. The standard InChI is InChI=1S/C18H31NO5/c1-2-3-4-5-6-12(20)7-8-13-14-9-16(15(14)10-17(13)21)19-24-11-18(22)23/h12-15,17,20-21H,2-11H2,1H3,(H,22,23)/b19-16-. The van der Waals surface area contributed by atoms with E-state index in [2.05, 4.69) is 12.1 Å². The molecule has 0 aliphatic heterocycles. The number of hydrogen-bond donors (Lipinski definition) is 3. The van der Waals surface area contributed by atoms with E-state index in [-0.39, 0.29) is 24.0 Å². The second-order valence-electron chi connectivity index (χ2n) is 7.27. The molecule has 3 N–H and O–H groups in total. The summed E-state index contributed by atoms with van der Waals surface area (Å²) in [6, 6.07) is 0. The molecule has 2 fully saturated rings. The molecule has 0 spiro atoms. The lowest BCUT2D eigenvalue weighted by molar-refractivity contribution is -0.142. The summed E-state index contributed by atoms with van der Waals surface area (Å²) < 4.78 is 0. The van der Waals surface area contributed by atoms with Gasteiger partial charge in [0.15, 0.2) is 0 Å². The molecule has 0 radical (unpaired) electrons. The number of oxime groups is 1. The van der Waals surface area contributed by atoms with Gasteiger partial charge in [-0.1, -0.05) is 37.8 Å². The highest BCUT2D eigenvalue weighted by Gasteiger charge is 2.51. The van der Waals surface area contributed by atoms with Crippen LogP contribution in [0.3, 0.4) is 0 Å². The lowest BCUT2D eigenvalue weighted by atomic mass is 9.70. The zero-order valence-corrected chi connectivity index (χ0v) is 14.6. The van der Waals surface area contributed by atoms with E-state index in [1.165, 1.54) is 19.3 Å². The largest absolute Gasteiger partial charge is 0.479 e. The van der Waals surface area contributed by atoms with Gasteiger partial charge in [-0.05, 0) is 43.9 Å². The number of carbonyl (C=O) groups is 1. The predicted octanol–water partition coefficient (Wildman–Crippen LogP) is 2.57. The average Bonchev–Trinajstić information content (AvgIpc) is 2.77. The van der Waals surface area contributed by atoms with E-state index in [4.69, 9.17) is 9.94 Å². The van der Waals surface area contributed by atoms with Crippen molar-refractivity contribution < 1.29 is 25.0 Å². The van der Waals surface area contributed by atoms with Crippen LogP contribution >= 0.6 is 0 Å². The smallest absolute Gasteiger partial charge is 0.344 e. The minimum Gasteiger partial charge on any atom is -0.479 e. The average molecular weight is 341 g/mol. The van der Waals surface area contributed by atoms with Gasteiger partial charge in [-0.2, -0.15) is 0 Å². The van der Waals surface area contributed by atoms with Gasteiger partial charge in [-0.15, -0.1) is 0 Å². The second kappa shape index (κ2) is 9.37. The molecule has 0 amide bonds. The number of nitrogens with zero attached hydrogens (tertiary/aromatic N) is 1. The van der Waals surface area contributed by atoms with Crippen molar-refractivity contribution in [2.75, 3.05) is 6.61 Å². The molecular weight excluding hydrogens is 310 g/mol. The molecule has 24 heavy (non-hydrogen) atoms. The molecular formula is C18H31NO5. The van der Waals surface area contributed by atoms with Crippen LogP contribution in [0.25, 0.3) is 0 Å². The number of aliphatic carboxylic acids is 1. The number of unbranched alkanes of at least 4 members (excludes halogenated alkanes) is 3. The van der Waals surface area contributed by atoms with Crippen LogP contribution in [-0.4, -0.2) is 45.8 Å². The van der Waals surface area contributed by atoms with Crippen molar-refractivity contribution in [1.29, 1.82) is 0 Å². The second-order valence-corrected chi connectivity index (χ2v) is 7.27. The van der Waals surface area contributed by atoms with Gasteiger partial charge in [-0.25, -0.2) is 4.79 Å². The van der Waals surface area contributed by atoms with E-state index in [0.717, 1.165) is 37.8 Å². The Morgan fingerprint density at radius 1 is 1.33 bits per heavy atom. The highest BCUT2D eigenvalue weighted by molar-refractivity contribution is 5.93. The molecule has 138 valence electrons. The Morgan fingerprint density at radius 3 is 2.83 bits per heavy atom. The first kappa shape index (κ1) is 19.2. The Balaban J connectivity index is 1.69. The van der Waals surface area contributed by atoms with Crippen molar-refractivity contribution in [3.05, 3.63) is 0 Å². The van der Waals surface area contributed by atoms with E-state index in [1.807, 2.05) is 0 Å². The summed E-state index contributed by atoms with van der Waals surface area (Å²) in [7, 11) is 0. The molecule has 0 aromatic carbocycles. The fourth-order valence-corrected chi connectivity index (χ4v) is 4.12. The highest BCUT2D eigenvalue weighted by atomic mass is 16.6. The van der Waals surface area contributed by atoms with Crippen LogP contribution < -0.4 is 0 Å². The number of fused-ring (bicyclic) bond motifs is 1. The molecule has 2 saturated carbocycles. The summed E-state index contributed by atoms with van der Waals surface area (Å²) in [6.45, 7) is 1.76. The van der Waals surface area contributed by atoms with Crippen molar-refractivity contribution in [2.24, 2.45) is 22.9 Å². The zero-order valence-electron chi connectivity index (χ0n) is 14.6. The number of hydrogen-bond acceptors (Lipinski definition) is 5. The van der Waals surface area contributed by atoms with Crippen LogP contribution in [-0.2, 0) is 9.63 Å². The van der Waals surface area contributed by atoms with E-state index in [9.17, 15) is 15.0 Å². The molecule has 0 aromatic rings. The van der Waals surface area contributed by atoms with Crippen molar-refractivity contribution in [3.63, 3.8) is 0 Å². The van der Waals surface area contributed by atoms with E-state index in [0.29, 0.717) is 12.3 Å². The van der Waals surface area contributed by atoms with Crippen LogP contribution in [0.15, 0.2) is 5.16 Å². The zero-order chi connectivity index (χ0) is 17.5. The Labute approximate surface area is 143 Å². The summed E-state index contributed by atoms with van der Waals surface area (Å²) in [5, 5.41) is 32.8. The van der Waals surface area contributed by atoms with Gasteiger partial charge in [0.25, 0.3) is 0 Å². The minimum absolute atomic E-state index is 0.221. The Morgan fingerprint density at radius 2 is 2.12 bits per heavy atom. The molecule has 0 aromatic heterocycles. The number of rotatable bonds is 11. The van der Waals surface area contributed by atoms with Gasteiger partial charge in [-0.3, -0.25) is 0 Å². The Bertz CT molecular complexity index is 439. The monoisotopic (exact) mass is 341 g/mol. The first-order valence-electron chi connectivity index (χ1n) is 9.29. The summed E-state index contributed by atoms with van der Waals surface area (Å²) in [4.78, 5) is 15.2. The lowest BCUT2D eigenvalue weighted by Gasteiger charge is -2.35. The molecule has 5 atom stereocenters. The van der Waals surface area contributed by atoms with E-state index in [1.54, 1.807) is 0 Å². The summed E-state index contributed by atoms with van der Waals surface area (Å²) in [5.74, 6) is -0.189. The van der Waals surface area contributed by atoms with Crippen LogP contribution in [0.5, 0.6) is 0 Å². The van der Waals surface area contributed by atoms with Gasteiger partial charge >= 0.3 is 5.97 Å². The maximum absolute atomic E-state index is 10.4. The maximum atomic E-state index is 10.4. The van der Waals surface area contributed by atoms with Crippen molar-refractivity contribution >= 4 is 11.7 Å². The summed E-state index contributed by atoms with van der Waals surface area (Å²) >= 11 is 0. The number of aliphatic hydroxyl groups excluding tert-OH is 2. The highest BCUT2D eigenvalue weighted by Crippen LogP contribution is 2.50. The molecule has 0 saturated heterocycles. The van der Waals surface area contributed by atoms with E-state index < -0.39 is 12.6 Å². The topological polar surface area (TPSA) is 99.4 Å². The number of carboxylic acid groups (broad SMARTS) is 1. The van der Waals surface area contributed by atoms with E-state index >= 15 is 0 Å². The molecule has 0 heterocycles. The van der Waals surface area contributed by atoms with Crippen LogP contribution in [0.4, 0.5) is 0 Å². The Kier molecular flexibility index (Phi) is 7.49. The Hall–Kier alpha value is -1.14. The molecule has 5 unspecified atom stereocenters. The fourth-order valence-electron chi connectivity index (χ4n) is 4.12. The van der Waals surface area contributed by atoms with Gasteiger partial charge < -0.3 is 20.2 Å². The lowest BCUT2D eigenvalue weighted by Crippen LogP contribution is -2.37. The normalized spacial score (nSPS) is 31.5. The molecule has 2 rings (SSSR count). The summed E-state index contributed by atoms with van der Waals surface area (Å²) in [6.07, 6.45) is 7.98. The SMILES string of the molecule is CCCCCCC(O)CCC1C(O)CC2/C(=N\OCC(=O)O)CC21. The first-order chi connectivity index (χ1) is 11.5. The van der Waals surface area contributed by atoms with Crippen LogP contribution in [0.2, 0.25) is 0 Å². The summed E-state index contributed by atoms with van der Waals surface area (Å²) in [5.41, 5.74) is 0.878. The molecule has 2 aliphatic carbocycles. The van der Waals surface area contributed by atoms with Gasteiger partial charge in [0.2, 0.25) is 6.61 Å². The van der Waals surface area contributed by atoms with Crippen molar-refractivity contribution in [2.45, 2.75) is 76.9 Å². The third-order valence-electron chi connectivity index (χ3n) is 5.52. The van der Waals surface area contributed by atoms with Crippen molar-refractivity contribution in [3.8, 4) is 0 Å². The third-order valence-corrected chi connectivity index (χ3v) is 5.52. The van der Waals surface area contributed by atoms with Gasteiger partial charge in [0.05, 0.1) is 17.9 Å². The van der Waals surface area contributed by atoms with Gasteiger partial charge in [0, 0.05) is 5.92 Å². The molecule has 6 heteroatoms. The molecule has 6 nitrogen and oxygen atoms in total. The first-order valence-corrected chi connectivity index (χ1v) is 9.29. The number of aliphatic hydroxyl groups is 2. The maximum Gasteiger partial charge on any atom is 0.344 e. The minimum atomic E-state index is -1.03. The molecule has 0 bridgehead atoms. The van der Waals surface area contributed by atoms with Crippen LogP contribution in [0.1, 0.15) is 64.7 Å². The molecule has 2 aliphatic rings. The number of carboxylic acids is 1. The fraction of sp³-hybridized carbons (Fsp3) is 0.889. The quantitative estimate of drug-likeness (QED) is 0.396. The van der Waals surface area contributed by atoms with Gasteiger partial charge in [0.1, 0.15) is 0 Å². The van der Waals surface area contributed by atoms with Crippen LogP contribution in [0, 0.1) is 17.8 Å².